The molecule has 7 heteroatoms. The molecule has 0 aliphatic carbocycles. The molecular formula is C12H13Br2N3OS. The smallest absolute Gasteiger partial charge is 0.264 e. The van der Waals surface area contributed by atoms with Gasteiger partial charge >= 0.3 is 0 Å². The van der Waals surface area contributed by atoms with E-state index in [0.717, 1.165) is 26.2 Å². The molecule has 1 aliphatic heterocycles. The van der Waals surface area contributed by atoms with Gasteiger partial charge in [0.25, 0.3) is 5.91 Å². The highest BCUT2D eigenvalue weighted by molar-refractivity contribution is 9.13. The molecule has 1 aliphatic rings. The summed E-state index contributed by atoms with van der Waals surface area (Å²) >= 11 is 8.24. The lowest BCUT2D eigenvalue weighted by molar-refractivity contribution is 0.0620. The molecule has 0 saturated carbocycles. The Morgan fingerprint density at radius 1 is 1.42 bits per heavy atom. The average Bonchev–Trinajstić information content (AvgIpc) is 2.77. The van der Waals surface area contributed by atoms with Gasteiger partial charge in [-0.3, -0.25) is 9.69 Å². The maximum Gasteiger partial charge on any atom is 0.264 e. The molecule has 0 radical (unpaired) electrons. The Balaban J connectivity index is 1.98. The van der Waals surface area contributed by atoms with Crippen LogP contribution in [0.5, 0.6) is 0 Å². The Hall–Kier alpha value is -0.420. The van der Waals surface area contributed by atoms with Crippen molar-refractivity contribution >= 4 is 49.1 Å². The van der Waals surface area contributed by atoms with Gasteiger partial charge in [-0.1, -0.05) is 0 Å². The highest BCUT2D eigenvalue weighted by atomic mass is 79.9. The first kappa shape index (κ1) is 15.0. The van der Waals surface area contributed by atoms with Crippen LogP contribution in [0.25, 0.3) is 0 Å². The molecule has 1 atom stereocenters. The van der Waals surface area contributed by atoms with Crippen LogP contribution >= 0.6 is 43.2 Å². The zero-order chi connectivity index (χ0) is 14.0. The molecule has 2 heterocycles. The minimum absolute atomic E-state index is 0.0701. The minimum Gasteiger partial charge on any atom is -0.335 e. The van der Waals surface area contributed by atoms with Crippen molar-refractivity contribution < 1.29 is 4.79 Å². The molecule has 0 aromatic carbocycles. The van der Waals surface area contributed by atoms with Crippen LogP contribution in [0.15, 0.2) is 14.3 Å². The molecule has 1 aromatic rings. The summed E-state index contributed by atoms with van der Waals surface area (Å²) in [5, 5.41) is 8.89. The molecule has 0 spiro atoms. The van der Waals surface area contributed by atoms with E-state index in [4.69, 9.17) is 5.26 Å². The monoisotopic (exact) mass is 405 g/mol. The van der Waals surface area contributed by atoms with E-state index in [1.165, 1.54) is 11.3 Å². The van der Waals surface area contributed by atoms with Crippen LogP contribution in [-0.4, -0.2) is 47.9 Å². The van der Waals surface area contributed by atoms with E-state index >= 15 is 0 Å². The van der Waals surface area contributed by atoms with Crippen molar-refractivity contribution in [1.29, 1.82) is 5.26 Å². The zero-order valence-electron chi connectivity index (χ0n) is 10.4. The molecule has 1 saturated heterocycles. The fourth-order valence-corrected chi connectivity index (χ4v) is 4.01. The number of nitriles is 1. The second-order valence-corrected chi connectivity index (χ2v) is 7.59. The van der Waals surface area contributed by atoms with E-state index in [1.807, 2.05) is 17.9 Å². The second kappa shape index (κ2) is 6.35. The molecule has 1 aromatic heterocycles. The number of piperazine rings is 1. The highest BCUT2D eigenvalue weighted by Crippen LogP contribution is 2.33. The van der Waals surface area contributed by atoms with Crippen LogP contribution < -0.4 is 0 Å². The van der Waals surface area contributed by atoms with Gasteiger partial charge in [0.05, 0.1) is 20.8 Å². The molecule has 0 bridgehead atoms. The number of carbonyl (C=O) groups excluding carboxylic acids is 1. The maximum atomic E-state index is 12.3. The number of hydrogen-bond donors (Lipinski definition) is 0. The molecule has 1 fully saturated rings. The zero-order valence-corrected chi connectivity index (χ0v) is 14.4. The summed E-state index contributed by atoms with van der Waals surface area (Å²) in [6.07, 6.45) is 0. The van der Waals surface area contributed by atoms with Crippen molar-refractivity contribution in [1.82, 2.24) is 9.80 Å². The SMILES string of the molecule is CC(C#N)N1CCN(C(=O)c2cc(Br)c(Br)s2)CC1. The van der Waals surface area contributed by atoms with Gasteiger partial charge in [0, 0.05) is 30.7 Å². The van der Waals surface area contributed by atoms with Crippen molar-refractivity contribution in [2.45, 2.75) is 13.0 Å². The van der Waals surface area contributed by atoms with Crippen LogP contribution in [-0.2, 0) is 0 Å². The molecular weight excluding hydrogens is 394 g/mol. The highest BCUT2D eigenvalue weighted by Gasteiger charge is 2.25. The Labute approximate surface area is 133 Å². The summed E-state index contributed by atoms with van der Waals surface area (Å²) in [5.41, 5.74) is 0. The van der Waals surface area contributed by atoms with Gasteiger partial charge in [-0.25, -0.2) is 0 Å². The fourth-order valence-electron chi connectivity index (χ4n) is 2.00. The molecule has 19 heavy (non-hydrogen) atoms. The molecule has 4 nitrogen and oxygen atoms in total. The minimum atomic E-state index is -0.0812. The summed E-state index contributed by atoms with van der Waals surface area (Å²) in [4.78, 5) is 17.0. The van der Waals surface area contributed by atoms with Gasteiger partial charge < -0.3 is 4.90 Å². The third-order valence-electron chi connectivity index (χ3n) is 3.19. The summed E-state index contributed by atoms with van der Waals surface area (Å²) in [6.45, 7) is 4.77. The molecule has 1 amide bonds. The number of amides is 1. The van der Waals surface area contributed by atoms with E-state index in [9.17, 15) is 4.79 Å². The van der Waals surface area contributed by atoms with Gasteiger partial charge in [-0.15, -0.1) is 11.3 Å². The van der Waals surface area contributed by atoms with Gasteiger partial charge in [-0.2, -0.15) is 5.26 Å². The van der Waals surface area contributed by atoms with Gasteiger partial charge in [0.15, 0.2) is 0 Å². The lowest BCUT2D eigenvalue weighted by Crippen LogP contribution is -2.50. The normalized spacial score (nSPS) is 18.1. The standard InChI is InChI=1S/C12H13Br2N3OS/c1-8(7-15)16-2-4-17(5-3-16)12(18)10-6-9(13)11(14)19-10/h6,8H,2-5H2,1H3. The van der Waals surface area contributed by atoms with Crippen molar-refractivity contribution in [3.63, 3.8) is 0 Å². The fraction of sp³-hybridized carbons (Fsp3) is 0.500. The Morgan fingerprint density at radius 2 is 2.05 bits per heavy atom. The maximum absolute atomic E-state index is 12.3. The van der Waals surface area contributed by atoms with Gasteiger partial charge in [0.1, 0.15) is 0 Å². The number of nitrogens with zero attached hydrogens (tertiary/aromatic N) is 3. The largest absolute Gasteiger partial charge is 0.335 e. The summed E-state index contributed by atoms with van der Waals surface area (Å²) in [6, 6.07) is 4.00. The lowest BCUT2D eigenvalue weighted by atomic mass is 10.2. The Bertz CT molecular complexity index is 498. The van der Waals surface area contributed by atoms with Crippen molar-refractivity contribution in [2.24, 2.45) is 0 Å². The predicted octanol–water partition coefficient (Wildman–Crippen LogP) is 2.94. The van der Waals surface area contributed by atoms with Crippen molar-refractivity contribution in [3.05, 3.63) is 19.2 Å². The third-order valence-corrected chi connectivity index (χ3v) is 6.44. The number of carbonyl (C=O) groups is 1. The number of hydrogen-bond acceptors (Lipinski definition) is 4. The van der Waals surface area contributed by atoms with E-state index in [-0.39, 0.29) is 11.9 Å². The summed E-state index contributed by atoms with van der Waals surface area (Å²) < 4.78 is 1.85. The first-order valence-electron chi connectivity index (χ1n) is 5.90. The number of thiophene rings is 1. The summed E-state index contributed by atoms with van der Waals surface area (Å²) in [7, 11) is 0. The summed E-state index contributed by atoms with van der Waals surface area (Å²) in [5.74, 6) is 0.0701. The Morgan fingerprint density at radius 3 is 2.53 bits per heavy atom. The van der Waals surface area contributed by atoms with Gasteiger partial charge in [-0.05, 0) is 44.8 Å². The first-order valence-corrected chi connectivity index (χ1v) is 8.31. The van der Waals surface area contributed by atoms with E-state index in [2.05, 4.69) is 42.8 Å². The third kappa shape index (κ3) is 3.37. The van der Waals surface area contributed by atoms with Crippen LogP contribution in [0.3, 0.4) is 0 Å². The predicted molar refractivity (Wildman–Crippen MR) is 82.3 cm³/mol. The van der Waals surface area contributed by atoms with Crippen LogP contribution in [0.1, 0.15) is 16.6 Å². The van der Waals surface area contributed by atoms with Crippen LogP contribution in [0.4, 0.5) is 0 Å². The first-order chi connectivity index (χ1) is 9.02. The molecule has 102 valence electrons. The number of rotatable bonds is 2. The average molecular weight is 407 g/mol. The Kier molecular flexibility index (Phi) is 5.01. The van der Waals surface area contributed by atoms with Crippen molar-refractivity contribution in [3.8, 4) is 6.07 Å². The topological polar surface area (TPSA) is 47.3 Å². The second-order valence-electron chi connectivity index (χ2n) is 4.37. The molecule has 0 N–H and O–H groups in total. The van der Waals surface area contributed by atoms with E-state index in [0.29, 0.717) is 13.1 Å². The quantitative estimate of drug-likeness (QED) is 0.758. The molecule has 2 rings (SSSR count). The van der Waals surface area contributed by atoms with Crippen LogP contribution in [0.2, 0.25) is 0 Å². The van der Waals surface area contributed by atoms with Crippen molar-refractivity contribution in [2.75, 3.05) is 26.2 Å². The van der Waals surface area contributed by atoms with Crippen LogP contribution in [0, 0.1) is 11.3 Å². The van der Waals surface area contributed by atoms with E-state index < -0.39 is 0 Å². The number of halogens is 2. The lowest BCUT2D eigenvalue weighted by Gasteiger charge is -2.35. The van der Waals surface area contributed by atoms with E-state index in [1.54, 1.807) is 0 Å². The van der Waals surface area contributed by atoms with Gasteiger partial charge in [0.2, 0.25) is 0 Å². The molecule has 1 unspecified atom stereocenters.